The van der Waals surface area contributed by atoms with Gasteiger partial charge in [0.05, 0.1) is 0 Å². The van der Waals surface area contributed by atoms with Gasteiger partial charge in [0, 0.05) is 45.8 Å². The van der Waals surface area contributed by atoms with E-state index in [4.69, 9.17) is 31.5 Å². The minimum absolute atomic E-state index is 0.107. The van der Waals surface area contributed by atoms with Crippen molar-refractivity contribution in [3.63, 3.8) is 0 Å². The molecule has 0 atom stereocenters. The number of nitrogens with zero attached hydrogens (tertiary/aromatic N) is 7. The highest BCUT2D eigenvalue weighted by molar-refractivity contribution is 6.28. The van der Waals surface area contributed by atoms with Gasteiger partial charge in [-0.1, -0.05) is 97.1 Å². The Bertz CT molecular complexity index is 1960. The molecule has 7 nitrogen and oxygen atoms in total. The Morgan fingerprint density at radius 1 is 0.349 bits per heavy atom. The number of aromatic nitrogens is 7. The number of rotatable bonds is 6. The van der Waals surface area contributed by atoms with Crippen molar-refractivity contribution in [2.24, 2.45) is 0 Å². The maximum atomic E-state index is 6.44. The standard InChI is InChI=1S/C35H22ClN7/c36-35-42-32(25-15-8-3-9-16-25)41-34(43-35)29-20-27(26-17-10-18-37-22-26)19-28(21-29)33-39-30(23-11-4-1-5-12-23)38-31(40-33)24-13-6-2-7-14-24/h1-22H. The van der Waals surface area contributed by atoms with Crippen LogP contribution in [0.3, 0.4) is 0 Å². The van der Waals surface area contributed by atoms with Gasteiger partial charge < -0.3 is 0 Å². The zero-order valence-electron chi connectivity index (χ0n) is 22.7. The second kappa shape index (κ2) is 11.7. The van der Waals surface area contributed by atoms with Crippen LogP contribution in [-0.2, 0) is 0 Å². The van der Waals surface area contributed by atoms with Crippen LogP contribution in [0.5, 0.6) is 0 Å². The van der Waals surface area contributed by atoms with E-state index in [0.29, 0.717) is 29.1 Å². The topological polar surface area (TPSA) is 90.2 Å². The van der Waals surface area contributed by atoms with Gasteiger partial charge >= 0.3 is 0 Å². The zero-order chi connectivity index (χ0) is 29.0. The highest BCUT2D eigenvalue weighted by Gasteiger charge is 2.17. The Morgan fingerprint density at radius 3 is 1.16 bits per heavy atom. The molecule has 0 unspecified atom stereocenters. The predicted molar refractivity (Wildman–Crippen MR) is 169 cm³/mol. The summed E-state index contributed by atoms with van der Waals surface area (Å²) in [7, 11) is 0. The van der Waals surface area contributed by atoms with Crippen LogP contribution in [0.1, 0.15) is 0 Å². The largest absolute Gasteiger partial charge is 0.264 e. The van der Waals surface area contributed by atoms with E-state index in [1.165, 1.54) is 0 Å². The molecule has 0 aliphatic carbocycles. The Labute approximate surface area is 253 Å². The second-order valence-corrected chi connectivity index (χ2v) is 10.0. The lowest BCUT2D eigenvalue weighted by Gasteiger charge is -2.12. The van der Waals surface area contributed by atoms with E-state index in [1.54, 1.807) is 6.20 Å². The lowest BCUT2D eigenvalue weighted by Crippen LogP contribution is -2.01. The van der Waals surface area contributed by atoms with Crippen LogP contribution < -0.4 is 0 Å². The van der Waals surface area contributed by atoms with Crippen molar-refractivity contribution in [3.05, 3.63) is 139 Å². The monoisotopic (exact) mass is 575 g/mol. The SMILES string of the molecule is Clc1nc(-c2ccccc2)nc(-c2cc(-c3cccnc3)cc(-c3nc(-c4ccccc4)nc(-c4ccccc4)n3)c2)n1. The van der Waals surface area contributed by atoms with Crippen LogP contribution in [0.15, 0.2) is 134 Å². The zero-order valence-corrected chi connectivity index (χ0v) is 23.5. The van der Waals surface area contributed by atoms with E-state index < -0.39 is 0 Å². The fraction of sp³-hybridized carbons (Fsp3) is 0. The highest BCUT2D eigenvalue weighted by atomic mass is 35.5. The first-order chi connectivity index (χ1) is 21.2. The molecule has 0 bridgehead atoms. The number of benzene rings is 4. The molecule has 0 radical (unpaired) electrons. The molecule has 7 rings (SSSR count). The third-order valence-electron chi connectivity index (χ3n) is 6.78. The number of hydrogen-bond donors (Lipinski definition) is 0. The van der Waals surface area contributed by atoms with Crippen molar-refractivity contribution < 1.29 is 0 Å². The summed E-state index contributed by atoms with van der Waals surface area (Å²) in [5, 5.41) is 0.107. The van der Waals surface area contributed by atoms with Crippen molar-refractivity contribution >= 4 is 11.6 Å². The average molecular weight is 576 g/mol. The van der Waals surface area contributed by atoms with Gasteiger partial charge in [-0.3, -0.25) is 4.98 Å². The summed E-state index contributed by atoms with van der Waals surface area (Å²) in [5.41, 5.74) is 5.96. The van der Waals surface area contributed by atoms with E-state index in [0.717, 1.165) is 38.9 Å². The molecular formula is C35H22ClN7. The maximum absolute atomic E-state index is 6.44. The molecule has 0 saturated carbocycles. The van der Waals surface area contributed by atoms with Crippen molar-refractivity contribution in [1.82, 2.24) is 34.9 Å². The van der Waals surface area contributed by atoms with Gasteiger partial charge in [0.1, 0.15) is 0 Å². The van der Waals surface area contributed by atoms with Gasteiger partial charge in [-0.05, 0) is 41.4 Å². The fourth-order valence-electron chi connectivity index (χ4n) is 4.72. The first-order valence-corrected chi connectivity index (χ1v) is 14.0. The number of pyridine rings is 1. The molecule has 0 aliphatic heterocycles. The normalized spacial score (nSPS) is 10.9. The summed E-state index contributed by atoms with van der Waals surface area (Å²) in [6.07, 6.45) is 3.56. The molecular weight excluding hydrogens is 554 g/mol. The van der Waals surface area contributed by atoms with Crippen molar-refractivity contribution in [1.29, 1.82) is 0 Å². The summed E-state index contributed by atoms with van der Waals surface area (Å²) >= 11 is 6.44. The van der Waals surface area contributed by atoms with Crippen LogP contribution in [0.25, 0.3) is 68.1 Å². The summed E-state index contributed by atoms with van der Waals surface area (Å²) < 4.78 is 0. The third-order valence-corrected chi connectivity index (χ3v) is 6.95. The molecule has 0 aliphatic rings. The van der Waals surface area contributed by atoms with E-state index >= 15 is 0 Å². The number of hydrogen-bond acceptors (Lipinski definition) is 7. The lowest BCUT2D eigenvalue weighted by molar-refractivity contribution is 1.06. The summed E-state index contributed by atoms with van der Waals surface area (Å²) in [5.74, 6) is 2.59. The predicted octanol–water partition coefficient (Wildman–Crippen LogP) is 8.11. The van der Waals surface area contributed by atoms with Gasteiger partial charge in [0.15, 0.2) is 29.1 Å². The van der Waals surface area contributed by atoms with Crippen molar-refractivity contribution in [3.8, 4) is 68.1 Å². The van der Waals surface area contributed by atoms with E-state index in [-0.39, 0.29) is 5.28 Å². The van der Waals surface area contributed by atoms with Crippen LogP contribution >= 0.6 is 11.6 Å². The summed E-state index contributed by atoms with van der Waals surface area (Å²) in [6.45, 7) is 0. The van der Waals surface area contributed by atoms with Gasteiger partial charge in [-0.25, -0.2) is 19.9 Å². The molecule has 3 heterocycles. The Hall–Kier alpha value is -5.66. The number of halogens is 1. The summed E-state index contributed by atoms with van der Waals surface area (Å²) in [6, 6.07) is 39.4. The maximum Gasteiger partial charge on any atom is 0.226 e. The van der Waals surface area contributed by atoms with E-state index in [9.17, 15) is 0 Å². The fourth-order valence-corrected chi connectivity index (χ4v) is 4.88. The smallest absolute Gasteiger partial charge is 0.226 e. The molecule has 0 saturated heterocycles. The van der Waals surface area contributed by atoms with Crippen LogP contribution in [-0.4, -0.2) is 34.9 Å². The minimum atomic E-state index is 0.107. The van der Waals surface area contributed by atoms with E-state index in [2.05, 4.69) is 15.0 Å². The third kappa shape index (κ3) is 5.75. The van der Waals surface area contributed by atoms with Gasteiger partial charge in [-0.15, -0.1) is 0 Å². The quantitative estimate of drug-likeness (QED) is 0.198. The molecule has 7 aromatic rings. The average Bonchev–Trinajstić information content (AvgIpc) is 3.09. The molecule has 0 N–H and O–H groups in total. The van der Waals surface area contributed by atoms with Crippen LogP contribution in [0.2, 0.25) is 5.28 Å². The molecule has 0 amide bonds. The van der Waals surface area contributed by atoms with Crippen LogP contribution in [0.4, 0.5) is 0 Å². The first-order valence-electron chi connectivity index (χ1n) is 13.6. The molecule has 0 spiro atoms. The summed E-state index contributed by atoms with van der Waals surface area (Å²) in [4.78, 5) is 32.7. The van der Waals surface area contributed by atoms with Crippen molar-refractivity contribution in [2.75, 3.05) is 0 Å². The Balaban J connectivity index is 1.45. The van der Waals surface area contributed by atoms with E-state index in [1.807, 2.05) is 128 Å². The van der Waals surface area contributed by atoms with Gasteiger partial charge in [-0.2, -0.15) is 9.97 Å². The lowest BCUT2D eigenvalue weighted by atomic mass is 10.00. The molecule has 43 heavy (non-hydrogen) atoms. The molecule has 204 valence electrons. The Morgan fingerprint density at radius 2 is 0.721 bits per heavy atom. The first kappa shape index (κ1) is 26.3. The molecule has 0 fully saturated rings. The molecule has 3 aromatic heterocycles. The van der Waals surface area contributed by atoms with Gasteiger partial charge in [0.25, 0.3) is 0 Å². The highest BCUT2D eigenvalue weighted by Crippen LogP contribution is 2.33. The van der Waals surface area contributed by atoms with Gasteiger partial charge in [0.2, 0.25) is 5.28 Å². The van der Waals surface area contributed by atoms with Crippen LogP contribution in [0, 0.1) is 0 Å². The Kier molecular flexibility index (Phi) is 7.13. The molecule has 4 aromatic carbocycles. The molecule has 8 heteroatoms. The van der Waals surface area contributed by atoms with Crippen molar-refractivity contribution in [2.45, 2.75) is 0 Å². The minimum Gasteiger partial charge on any atom is -0.264 e. The second-order valence-electron chi connectivity index (χ2n) is 9.70.